The summed E-state index contributed by atoms with van der Waals surface area (Å²) < 4.78 is 0. The smallest absolute Gasteiger partial charge is 0.311 e. The second-order valence-electron chi connectivity index (χ2n) is 5.77. The monoisotopic (exact) mass is 306 g/mol. The predicted molar refractivity (Wildman–Crippen MR) is 80.3 cm³/mol. The highest BCUT2D eigenvalue weighted by atomic mass is 16.6. The molecule has 1 aliphatic heterocycles. The van der Waals surface area contributed by atoms with E-state index in [9.17, 15) is 24.8 Å². The molecule has 118 valence electrons. The van der Waals surface area contributed by atoms with Crippen molar-refractivity contribution in [2.24, 2.45) is 5.41 Å². The van der Waals surface area contributed by atoms with Gasteiger partial charge >= 0.3 is 5.97 Å². The summed E-state index contributed by atoms with van der Waals surface area (Å²) in [5.74, 6) is -1.07. The van der Waals surface area contributed by atoms with Gasteiger partial charge in [0.25, 0.3) is 5.69 Å². The number of benzene rings is 1. The Morgan fingerprint density at radius 3 is 2.64 bits per heavy atom. The van der Waals surface area contributed by atoms with Crippen molar-refractivity contribution in [3.05, 3.63) is 33.9 Å². The maximum absolute atomic E-state index is 11.7. The zero-order chi connectivity index (χ0) is 16.5. The van der Waals surface area contributed by atoms with Gasteiger partial charge in [-0.1, -0.05) is 6.92 Å². The molecule has 1 saturated heterocycles. The molecule has 0 amide bonds. The Morgan fingerprint density at radius 2 is 2.14 bits per heavy atom. The van der Waals surface area contributed by atoms with Crippen molar-refractivity contribution in [3.8, 4) is 0 Å². The van der Waals surface area contributed by atoms with E-state index in [-0.39, 0.29) is 24.4 Å². The maximum atomic E-state index is 11.7. The molecule has 0 radical (unpaired) electrons. The molecule has 0 aromatic heterocycles. The van der Waals surface area contributed by atoms with Crippen molar-refractivity contribution in [1.29, 1.82) is 0 Å². The van der Waals surface area contributed by atoms with Crippen LogP contribution in [0.5, 0.6) is 0 Å². The number of hydrogen-bond acceptors (Lipinski definition) is 5. The van der Waals surface area contributed by atoms with Gasteiger partial charge in [0, 0.05) is 31.1 Å². The van der Waals surface area contributed by atoms with Crippen LogP contribution in [0, 0.1) is 15.5 Å². The number of hydrogen-bond donors (Lipinski definition) is 1. The SMILES string of the molecule is CCC(=O)c1ccc(N2CCC(C)(C(=O)O)C2)c([N+](=O)[O-])c1. The molecule has 1 aromatic carbocycles. The number of carbonyl (C=O) groups is 2. The molecule has 2 rings (SSSR count). The van der Waals surface area contributed by atoms with E-state index < -0.39 is 16.3 Å². The molecule has 0 saturated carbocycles. The predicted octanol–water partition coefficient (Wildman–Crippen LogP) is 2.49. The normalized spacial score (nSPS) is 20.9. The Bertz CT molecular complexity index is 643. The molecule has 1 atom stereocenters. The minimum atomic E-state index is -0.911. The summed E-state index contributed by atoms with van der Waals surface area (Å²) in [4.78, 5) is 35.5. The molecular formula is C15H18N2O5. The Hall–Kier alpha value is -2.44. The van der Waals surface area contributed by atoms with Crippen LogP contribution in [-0.2, 0) is 4.79 Å². The number of aliphatic carboxylic acids is 1. The van der Waals surface area contributed by atoms with Crippen molar-refractivity contribution in [1.82, 2.24) is 0 Å². The van der Waals surface area contributed by atoms with Crippen molar-refractivity contribution in [2.75, 3.05) is 18.0 Å². The lowest BCUT2D eigenvalue weighted by molar-refractivity contribution is -0.384. The summed E-state index contributed by atoms with van der Waals surface area (Å²) in [6.45, 7) is 3.98. The zero-order valence-corrected chi connectivity index (χ0v) is 12.5. The minimum Gasteiger partial charge on any atom is -0.481 e. The van der Waals surface area contributed by atoms with Crippen LogP contribution in [0.15, 0.2) is 18.2 Å². The number of Topliss-reactive ketones (excluding diaryl/α,β-unsaturated/α-hetero) is 1. The molecule has 1 N–H and O–H groups in total. The standard InChI is InChI=1S/C15H18N2O5/c1-3-13(18)10-4-5-11(12(8-10)17(21)22)16-7-6-15(2,9-16)14(19)20/h4-5,8H,3,6-7,9H2,1-2H3,(H,19,20). The number of carboxylic acids is 1. The van der Waals surface area contributed by atoms with Crippen molar-refractivity contribution >= 4 is 23.1 Å². The van der Waals surface area contributed by atoms with Gasteiger partial charge in [0.15, 0.2) is 5.78 Å². The zero-order valence-electron chi connectivity index (χ0n) is 12.5. The van der Waals surface area contributed by atoms with Gasteiger partial charge in [-0.3, -0.25) is 19.7 Å². The van der Waals surface area contributed by atoms with E-state index in [1.807, 2.05) is 0 Å². The van der Waals surface area contributed by atoms with Gasteiger partial charge in [-0.2, -0.15) is 0 Å². The molecule has 7 heteroatoms. The largest absolute Gasteiger partial charge is 0.481 e. The summed E-state index contributed by atoms with van der Waals surface area (Å²) in [7, 11) is 0. The highest BCUT2D eigenvalue weighted by Crippen LogP contribution is 2.38. The van der Waals surface area contributed by atoms with Gasteiger partial charge in [0.1, 0.15) is 5.69 Å². The molecule has 22 heavy (non-hydrogen) atoms. The lowest BCUT2D eigenvalue weighted by Gasteiger charge is -2.21. The van der Waals surface area contributed by atoms with Crippen molar-refractivity contribution in [3.63, 3.8) is 0 Å². The number of carboxylic acid groups (broad SMARTS) is 1. The first kappa shape index (κ1) is 15.9. The topological polar surface area (TPSA) is 101 Å². The summed E-state index contributed by atoms with van der Waals surface area (Å²) in [5.41, 5.74) is -0.402. The number of ketones is 1. The summed E-state index contributed by atoms with van der Waals surface area (Å²) in [6.07, 6.45) is 0.701. The Kier molecular flexibility index (Phi) is 4.16. The van der Waals surface area contributed by atoms with E-state index in [2.05, 4.69) is 0 Å². The number of anilines is 1. The van der Waals surface area contributed by atoms with Crippen LogP contribution in [0.4, 0.5) is 11.4 Å². The number of nitrogens with zero attached hydrogens (tertiary/aromatic N) is 2. The number of nitro benzene ring substituents is 1. The first-order valence-corrected chi connectivity index (χ1v) is 7.08. The first-order chi connectivity index (χ1) is 10.3. The van der Waals surface area contributed by atoms with Crippen molar-refractivity contribution < 1.29 is 19.6 Å². The molecule has 1 aliphatic rings. The number of nitro groups is 1. The molecule has 0 bridgehead atoms. The Labute approximate surface area is 127 Å². The van der Waals surface area contributed by atoms with Crippen LogP contribution in [0.1, 0.15) is 37.0 Å². The van der Waals surface area contributed by atoms with Gasteiger partial charge < -0.3 is 10.0 Å². The van der Waals surface area contributed by atoms with Crippen LogP contribution in [0.3, 0.4) is 0 Å². The fraction of sp³-hybridized carbons (Fsp3) is 0.467. The van der Waals surface area contributed by atoms with Gasteiger partial charge in [-0.15, -0.1) is 0 Å². The highest BCUT2D eigenvalue weighted by Gasteiger charge is 2.42. The highest BCUT2D eigenvalue weighted by molar-refractivity contribution is 5.97. The van der Waals surface area contributed by atoms with Gasteiger partial charge in [0.05, 0.1) is 10.3 Å². The lowest BCUT2D eigenvalue weighted by Crippen LogP contribution is -2.31. The third-order valence-electron chi connectivity index (χ3n) is 4.15. The fourth-order valence-electron chi connectivity index (χ4n) is 2.66. The van der Waals surface area contributed by atoms with E-state index in [0.717, 1.165) is 0 Å². The Balaban J connectivity index is 2.38. The second kappa shape index (κ2) is 5.75. The molecule has 7 nitrogen and oxygen atoms in total. The molecule has 0 aliphatic carbocycles. The van der Waals surface area contributed by atoms with Crippen LogP contribution in [-0.4, -0.2) is 34.9 Å². The third kappa shape index (κ3) is 2.79. The van der Waals surface area contributed by atoms with E-state index in [1.165, 1.54) is 12.1 Å². The van der Waals surface area contributed by atoms with E-state index in [1.54, 1.807) is 24.8 Å². The van der Waals surface area contributed by atoms with E-state index in [0.29, 0.717) is 24.2 Å². The summed E-state index contributed by atoms with van der Waals surface area (Å²) >= 11 is 0. The van der Waals surface area contributed by atoms with E-state index >= 15 is 0 Å². The van der Waals surface area contributed by atoms with Crippen LogP contribution in [0.25, 0.3) is 0 Å². The molecule has 1 unspecified atom stereocenters. The molecule has 0 spiro atoms. The summed E-state index contributed by atoms with van der Waals surface area (Å²) in [5, 5.41) is 20.5. The quantitative estimate of drug-likeness (QED) is 0.509. The first-order valence-electron chi connectivity index (χ1n) is 7.08. The van der Waals surface area contributed by atoms with Gasteiger partial charge in [-0.05, 0) is 25.5 Å². The van der Waals surface area contributed by atoms with Crippen LogP contribution in [0.2, 0.25) is 0 Å². The number of rotatable bonds is 5. The molecule has 1 heterocycles. The third-order valence-corrected chi connectivity index (χ3v) is 4.15. The fourth-order valence-corrected chi connectivity index (χ4v) is 2.66. The average molecular weight is 306 g/mol. The lowest BCUT2D eigenvalue weighted by atomic mass is 9.90. The molecule has 1 fully saturated rings. The van der Waals surface area contributed by atoms with Gasteiger partial charge in [0.2, 0.25) is 0 Å². The van der Waals surface area contributed by atoms with Crippen LogP contribution >= 0.6 is 0 Å². The minimum absolute atomic E-state index is 0.158. The molecule has 1 aromatic rings. The van der Waals surface area contributed by atoms with E-state index in [4.69, 9.17) is 0 Å². The number of carbonyl (C=O) groups excluding carboxylic acids is 1. The summed E-state index contributed by atoms with van der Waals surface area (Å²) in [6, 6.07) is 4.37. The van der Waals surface area contributed by atoms with Crippen molar-refractivity contribution in [2.45, 2.75) is 26.7 Å². The molecular weight excluding hydrogens is 288 g/mol. The van der Waals surface area contributed by atoms with Gasteiger partial charge in [-0.25, -0.2) is 0 Å². The average Bonchev–Trinajstić information content (AvgIpc) is 2.89. The second-order valence-corrected chi connectivity index (χ2v) is 5.77. The Morgan fingerprint density at radius 1 is 1.45 bits per heavy atom. The van der Waals surface area contributed by atoms with Crippen LogP contribution < -0.4 is 4.90 Å². The maximum Gasteiger partial charge on any atom is 0.311 e.